The van der Waals surface area contributed by atoms with Gasteiger partial charge in [0.05, 0.1) is 12.7 Å². The molecule has 0 aromatic heterocycles. The first-order valence-electron chi connectivity index (χ1n) is 6.12. The largest absolute Gasteiger partial charge is 0.374 e. The van der Waals surface area contributed by atoms with Crippen molar-refractivity contribution in [3.63, 3.8) is 0 Å². The van der Waals surface area contributed by atoms with E-state index in [1.165, 1.54) is 0 Å². The van der Waals surface area contributed by atoms with E-state index < -0.39 is 11.6 Å². The fourth-order valence-electron chi connectivity index (χ4n) is 2.19. The van der Waals surface area contributed by atoms with Gasteiger partial charge in [0.2, 0.25) is 0 Å². The van der Waals surface area contributed by atoms with Crippen molar-refractivity contribution in [2.45, 2.75) is 12.6 Å². The molecule has 1 aliphatic rings. The van der Waals surface area contributed by atoms with Crippen LogP contribution in [0.1, 0.15) is 5.56 Å². The fraction of sp³-hybridized carbons (Fsp3) is 0.538. The van der Waals surface area contributed by atoms with Crippen molar-refractivity contribution in [3.8, 4) is 0 Å². The Morgan fingerprint density at radius 1 is 1.44 bits per heavy atom. The summed E-state index contributed by atoms with van der Waals surface area (Å²) in [6.07, 6.45) is 0.111. The van der Waals surface area contributed by atoms with E-state index in [1.807, 2.05) is 7.05 Å². The molecule has 5 heteroatoms. The van der Waals surface area contributed by atoms with Crippen molar-refractivity contribution in [2.24, 2.45) is 0 Å². The van der Waals surface area contributed by atoms with Gasteiger partial charge in [0.1, 0.15) is 0 Å². The van der Waals surface area contributed by atoms with E-state index in [2.05, 4.69) is 10.2 Å². The van der Waals surface area contributed by atoms with Crippen molar-refractivity contribution in [1.29, 1.82) is 0 Å². The highest BCUT2D eigenvalue weighted by atomic mass is 19.2. The standard InChI is InChI=1S/C13H18F2N2O/c1-16-7-11-9-17(5-6-18-11)8-10-3-2-4-12(14)13(10)15/h2-4,11,16H,5-9H2,1H3. The van der Waals surface area contributed by atoms with E-state index >= 15 is 0 Å². The lowest BCUT2D eigenvalue weighted by atomic mass is 10.1. The van der Waals surface area contributed by atoms with E-state index in [0.29, 0.717) is 18.7 Å². The third kappa shape index (κ3) is 3.25. The predicted octanol–water partition coefficient (Wildman–Crippen LogP) is 1.38. The van der Waals surface area contributed by atoms with E-state index in [-0.39, 0.29) is 6.10 Å². The molecule has 1 unspecified atom stereocenters. The van der Waals surface area contributed by atoms with Gasteiger partial charge in [-0.15, -0.1) is 0 Å². The first kappa shape index (κ1) is 13.4. The minimum atomic E-state index is -0.785. The average molecular weight is 256 g/mol. The van der Waals surface area contributed by atoms with Gasteiger partial charge in [0, 0.05) is 31.7 Å². The van der Waals surface area contributed by atoms with Gasteiger partial charge in [-0.05, 0) is 13.1 Å². The topological polar surface area (TPSA) is 24.5 Å². The van der Waals surface area contributed by atoms with Crippen LogP contribution in [0.15, 0.2) is 18.2 Å². The Labute approximate surface area is 106 Å². The molecule has 18 heavy (non-hydrogen) atoms. The predicted molar refractivity (Wildman–Crippen MR) is 65.3 cm³/mol. The van der Waals surface area contributed by atoms with Crippen molar-refractivity contribution in [2.75, 3.05) is 33.3 Å². The fourth-order valence-corrected chi connectivity index (χ4v) is 2.19. The minimum absolute atomic E-state index is 0.111. The minimum Gasteiger partial charge on any atom is -0.374 e. The van der Waals surface area contributed by atoms with Gasteiger partial charge in [0.25, 0.3) is 0 Å². The number of morpholine rings is 1. The molecule has 1 saturated heterocycles. The number of rotatable bonds is 4. The lowest BCUT2D eigenvalue weighted by molar-refractivity contribution is -0.0294. The third-order valence-corrected chi connectivity index (χ3v) is 3.08. The summed E-state index contributed by atoms with van der Waals surface area (Å²) in [6, 6.07) is 4.31. The van der Waals surface area contributed by atoms with Crippen LogP contribution < -0.4 is 5.32 Å². The van der Waals surface area contributed by atoms with Crippen LogP contribution in [0.2, 0.25) is 0 Å². The Kier molecular flexibility index (Phi) is 4.63. The highest BCUT2D eigenvalue weighted by Gasteiger charge is 2.21. The quantitative estimate of drug-likeness (QED) is 0.881. The molecule has 0 spiro atoms. The zero-order chi connectivity index (χ0) is 13.0. The summed E-state index contributed by atoms with van der Waals surface area (Å²) >= 11 is 0. The number of nitrogens with one attached hydrogen (secondary N) is 1. The molecule has 1 aromatic carbocycles. The van der Waals surface area contributed by atoms with Gasteiger partial charge < -0.3 is 10.1 Å². The number of halogens is 2. The molecule has 0 aliphatic carbocycles. The molecule has 0 bridgehead atoms. The zero-order valence-electron chi connectivity index (χ0n) is 10.5. The molecule has 100 valence electrons. The molecule has 0 radical (unpaired) electrons. The van der Waals surface area contributed by atoms with Crippen LogP contribution in [-0.4, -0.2) is 44.3 Å². The number of hydrogen-bond donors (Lipinski definition) is 1. The molecule has 1 N–H and O–H groups in total. The molecule has 2 rings (SSSR count). The number of ether oxygens (including phenoxy) is 1. The monoisotopic (exact) mass is 256 g/mol. The third-order valence-electron chi connectivity index (χ3n) is 3.08. The first-order valence-corrected chi connectivity index (χ1v) is 6.12. The van der Waals surface area contributed by atoms with Crippen molar-refractivity contribution in [1.82, 2.24) is 10.2 Å². The maximum absolute atomic E-state index is 13.6. The van der Waals surface area contributed by atoms with Gasteiger partial charge >= 0.3 is 0 Å². The SMILES string of the molecule is CNCC1CN(Cc2cccc(F)c2F)CCO1. The van der Waals surface area contributed by atoms with Crippen molar-refractivity contribution in [3.05, 3.63) is 35.4 Å². The molecular formula is C13H18F2N2O. The van der Waals surface area contributed by atoms with Crippen LogP contribution in [0, 0.1) is 11.6 Å². The first-order chi connectivity index (χ1) is 8.70. The summed E-state index contributed by atoms with van der Waals surface area (Å²) in [4.78, 5) is 2.09. The van der Waals surface area contributed by atoms with Gasteiger partial charge in [0.15, 0.2) is 11.6 Å². The van der Waals surface area contributed by atoms with Gasteiger partial charge in [-0.25, -0.2) is 8.78 Å². The molecule has 1 heterocycles. The lowest BCUT2D eigenvalue weighted by Crippen LogP contribution is -2.45. The highest BCUT2D eigenvalue weighted by Crippen LogP contribution is 2.15. The van der Waals surface area contributed by atoms with Gasteiger partial charge in [-0.2, -0.15) is 0 Å². The second kappa shape index (κ2) is 6.22. The molecular weight excluding hydrogens is 238 g/mol. The summed E-state index contributed by atoms with van der Waals surface area (Å²) < 4.78 is 32.2. The summed E-state index contributed by atoms with van der Waals surface area (Å²) in [6.45, 7) is 3.30. The summed E-state index contributed by atoms with van der Waals surface area (Å²) in [5, 5.41) is 3.06. The summed E-state index contributed by atoms with van der Waals surface area (Å²) in [7, 11) is 1.87. The molecule has 1 atom stereocenters. The Morgan fingerprint density at radius 2 is 2.28 bits per heavy atom. The maximum atomic E-state index is 13.6. The molecule has 0 amide bonds. The smallest absolute Gasteiger partial charge is 0.163 e. The summed E-state index contributed by atoms with van der Waals surface area (Å²) in [5.41, 5.74) is 0.403. The lowest BCUT2D eigenvalue weighted by Gasteiger charge is -2.32. The number of likely N-dealkylation sites (N-methyl/N-ethyl adjacent to an activating group) is 1. The second-order valence-electron chi connectivity index (χ2n) is 4.50. The number of hydrogen-bond acceptors (Lipinski definition) is 3. The zero-order valence-corrected chi connectivity index (χ0v) is 10.5. The molecule has 1 aliphatic heterocycles. The van der Waals surface area contributed by atoms with Crippen LogP contribution in [-0.2, 0) is 11.3 Å². The van der Waals surface area contributed by atoms with Crippen molar-refractivity contribution >= 4 is 0 Å². The normalized spacial score (nSPS) is 21.2. The van der Waals surface area contributed by atoms with E-state index in [9.17, 15) is 8.78 Å². The second-order valence-corrected chi connectivity index (χ2v) is 4.50. The number of benzene rings is 1. The summed E-state index contributed by atoms with van der Waals surface area (Å²) in [5.74, 6) is -1.53. The van der Waals surface area contributed by atoms with Gasteiger partial charge in [-0.1, -0.05) is 12.1 Å². The molecule has 1 aromatic rings. The van der Waals surface area contributed by atoms with Crippen molar-refractivity contribution < 1.29 is 13.5 Å². The highest BCUT2D eigenvalue weighted by molar-refractivity contribution is 5.18. The Morgan fingerprint density at radius 3 is 3.06 bits per heavy atom. The number of nitrogens with zero attached hydrogens (tertiary/aromatic N) is 1. The van der Waals surface area contributed by atoms with Crippen LogP contribution in [0.25, 0.3) is 0 Å². The average Bonchev–Trinajstić information content (AvgIpc) is 2.36. The van der Waals surface area contributed by atoms with E-state index in [4.69, 9.17) is 4.74 Å². The Balaban J connectivity index is 1.98. The Bertz CT molecular complexity index is 399. The molecule has 0 saturated carbocycles. The van der Waals surface area contributed by atoms with Crippen LogP contribution in [0.3, 0.4) is 0 Å². The van der Waals surface area contributed by atoms with Crippen LogP contribution in [0.4, 0.5) is 8.78 Å². The van der Waals surface area contributed by atoms with Crippen LogP contribution >= 0.6 is 0 Å². The van der Waals surface area contributed by atoms with Gasteiger partial charge in [-0.3, -0.25) is 4.90 Å². The molecule has 1 fully saturated rings. The van der Waals surface area contributed by atoms with Crippen LogP contribution in [0.5, 0.6) is 0 Å². The van der Waals surface area contributed by atoms with E-state index in [1.54, 1.807) is 12.1 Å². The molecule has 3 nitrogen and oxygen atoms in total. The van der Waals surface area contributed by atoms with E-state index in [0.717, 1.165) is 25.7 Å². The Hall–Kier alpha value is -1.04. The maximum Gasteiger partial charge on any atom is 0.163 e.